The van der Waals surface area contributed by atoms with Crippen LogP contribution in [0.3, 0.4) is 0 Å². The maximum Gasteiger partial charge on any atom is 0.410 e. The second kappa shape index (κ2) is 5.29. The first kappa shape index (κ1) is 16.4. The van der Waals surface area contributed by atoms with E-state index < -0.39 is 17.1 Å². The summed E-state index contributed by atoms with van der Waals surface area (Å²) in [6.07, 6.45) is 0.140. The summed E-state index contributed by atoms with van der Waals surface area (Å²) in [6.45, 7) is 6.22. The summed E-state index contributed by atoms with van der Waals surface area (Å²) in [4.78, 5) is 26.6. The van der Waals surface area contributed by atoms with Crippen LogP contribution in [0.5, 0.6) is 5.75 Å². The van der Waals surface area contributed by atoms with Crippen LogP contribution in [0, 0.1) is 0 Å². The Morgan fingerprint density at radius 1 is 1.38 bits per heavy atom. The van der Waals surface area contributed by atoms with Crippen LogP contribution in [0.25, 0.3) is 0 Å². The van der Waals surface area contributed by atoms with Gasteiger partial charge >= 0.3 is 6.09 Å². The smallest absolute Gasteiger partial charge is 0.410 e. The summed E-state index contributed by atoms with van der Waals surface area (Å²) < 4.78 is 10.7. The average Bonchev–Trinajstić information content (AvgIpc) is 3.01. The van der Waals surface area contributed by atoms with Gasteiger partial charge in [-0.2, -0.15) is 0 Å². The zero-order valence-electron chi connectivity index (χ0n) is 14.4. The monoisotopic (exact) mass is 333 g/mol. The minimum Gasteiger partial charge on any atom is -0.495 e. The Balaban J connectivity index is 1.91. The van der Waals surface area contributed by atoms with Crippen molar-refractivity contribution in [2.75, 3.05) is 31.2 Å². The average molecular weight is 333 g/mol. The summed E-state index contributed by atoms with van der Waals surface area (Å²) >= 11 is 0. The van der Waals surface area contributed by atoms with Crippen molar-refractivity contribution >= 4 is 23.4 Å². The van der Waals surface area contributed by atoms with Crippen molar-refractivity contribution in [3.05, 3.63) is 17.7 Å². The normalized spacial score (nSPS) is 22.5. The van der Waals surface area contributed by atoms with E-state index >= 15 is 0 Å². The standard InChI is InChI=1S/C17H23N3O4/c1-16(2,3)24-15(22)20-6-5-17(9-20)10-7-13(23-4)11(18)8-12(10)19-14(17)21/h7-8H,5-6,9,18H2,1-4H3,(H,19,21). The van der Waals surface area contributed by atoms with Gasteiger partial charge in [0.25, 0.3) is 0 Å². The molecule has 7 nitrogen and oxygen atoms in total. The molecular weight excluding hydrogens is 310 g/mol. The van der Waals surface area contributed by atoms with Crippen LogP contribution in [0.1, 0.15) is 32.8 Å². The SMILES string of the molecule is COc1cc2c(cc1N)NC(=O)C21CCN(C(=O)OC(C)(C)C)C1. The Morgan fingerprint density at radius 2 is 2.08 bits per heavy atom. The summed E-state index contributed by atoms with van der Waals surface area (Å²) in [5.41, 5.74) is 6.56. The Labute approximate surface area is 141 Å². The fourth-order valence-electron chi connectivity index (χ4n) is 3.33. The number of rotatable bonds is 1. The highest BCUT2D eigenvalue weighted by molar-refractivity contribution is 6.07. The van der Waals surface area contributed by atoms with E-state index in [9.17, 15) is 9.59 Å². The number of hydrogen-bond donors (Lipinski definition) is 2. The molecule has 2 aliphatic heterocycles. The minimum atomic E-state index is -0.771. The Hall–Kier alpha value is -2.44. The van der Waals surface area contributed by atoms with Gasteiger partial charge in [-0.25, -0.2) is 4.79 Å². The lowest BCUT2D eigenvalue weighted by atomic mass is 9.80. The van der Waals surface area contributed by atoms with Crippen LogP contribution in [-0.2, 0) is 14.9 Å². The zero-order valence-corrected chi connectivity index (χ0v) is 14.4. The Bertz CT molecular complexity index is 711. The first-order valence-electron chi connectivity index (χ1n) is 7.94. The van der Waals surface area contributed by atoms with Crippen molar-refractivity contribution < 1.29 is 19.1 Å². The molecule has 1 saturated heterocycles. The van der Waals surface area contributed by atoms with Crippen LogP contribution in [0.15, 0.2) is 12.1 Å². The Morgan fingerprint density at radius 3 is 2.71 bits per heavy atom. The van der Waals surface area contributed by atoms with Crippen LogP contribution < -0.4 is 15.8 Å². The molecule has 24 heavy (non-hydrogen) atoms. The number of nitrogens with one attached hydrogen (secondary N) is 1. The molecule has 2 heterocycles. The first-order chi connectivity index (χ1) is 11.2. The van der Waals surface area contributed by atoms with Crippen LogP contribution in [0.2, 0.25) is 0 Å². The van der Waals surface area contributed by atoms with E-state index in [-0.39, 0.29) is 12.5 Å². The van der Waals surface area contributed by atoms with E-state index in [1.54, 1.807) is 17.0 Å². The number of benzene rings is 1. The summed E-state index contributed by atoms with van der Waals surface area (Å²) in [7, 11) is 1.54. The number of nitrogens with zero attached hydrogens (tertiary/aromatic N) is 1. The molecule has 1 aromatic carbocycles. The first-order valence-corrected chi connectivity index (χ1v) is 7.94. The summed E-state index contributed by atoms with van der Waals surface area (Å²) in [5.74, 6) is 0.413. The van der Waals surface area contributed by atoms with E-state index in [0.29, 0.717) is 30.1 Å². The largest absolute Gasteiger partial charge is 0.495 e. The molecule has 1 unspecified atom stereocenters. The number of nitrogen functional groups attached to an aromatic ring is 1. The van der Waals surface area contributed by atoms with Gasteiger partial charge in [-0.1, -0.05) is 0 Å². The van der Waals surface area contributed by atoms with Crippen molar-refractivity contribution in [1.29, 1.82) is 0 Å². The number of likely N-dealkylation sites (tertiary alicyclic amines) is 1. The lowest BCUT2D eigenvalue weighted by molar-refractivity contribution is -0.120. The molecule has 1 spiro atoms. The number of carbonyl (C=O) groups excluding carboxylic acids is 2. The number of fused-ring (bicyclic) bond motifs is 2. The molecule has 0 aliphatic carbocycles. The molecule has 0 radical (unpaired) electrons. The Kier molecular flexibility index (Phi) is 3.62. The van der Waals surface area contributed by atoms with Gasteiger partial charge in [0.15, 0.2) is 0 Å². The fourth-order valence-corrected chi connectivity index (χ4v) is 3.33. The zero-order chi connectivity index (χ0) is 17.7. The van der Waals surface area contributed by atoms with Gasteiger partial charge in [-0.3, -0.25) is 4.79 Å². The maximum absolute atomic E-state index is 12.6. The van der Waals surface area contributed by atoms with Crippen molar-refractivity contribution in [3.8, 4) is 5.75 Å². The molecule has 2 aliphatic rings. The van der Waals surface area contributed by atoms with Gasteiger partial charge < -0.3 is 25.4 Å². The van der Waals surface area contributed by atoms with Gasteiger partial charge in [-0.05, 0) is 44.9 Å². The van der Waals surface area contributed by atoms with E-state index in [1.807, 2.05) is 20.8 Å². The molecule has 2 amide bonds. The number of carbonyl (C=O) groups is 2. The van der Waals surface area contributed by atoms with Gasteiger partial charge in [0, 0.05) is 18.8 Å². The van der Waals surface area contributed by atoms with Gasteiger partial charge in [0.05, 0.1) is 18.2 Å². The maximum atomic E-state index is 12.6. The van der Waals surface area contributed by atoms with Crippen molar-refractivity contribution in [1.82, 2.24) is 4.90 Å². The summed E-state index contributed by atoms with van der Waals surface area (Å²) in [6, 6.07) is 3.50. The fraction of sp³-hybridized carbons (Fsp3) is 0.529. The van der Waals surface area contributed by atoms with Crippen molar-refractivity contribution in [2.24, 2.45) is 0 Å². The number of methoxy groups -OCH3 is 1. The topological polar surface area (TPSA) is 93.9 Å². The van der Waals surface area contributed by atoms with Gasteiger partial charge in [-0.15, -0.1) is 0 Å². The quantitative estimate of drug-likeness (QED) is 0.768. The van der Waals surface area contributed by atoms with E-state index in [0.717, 1.165) is 5.56 Å². The molecule has 7 heteroatoms. The number of nitrogens with two attached hydrogens (primary N) is 1. The molecule has 0 bridgehead atoms. The van der Waals surface area contributed by atoms with E-state index in [2.05, 4.69) is 5.32 Å². The lowest BCUT2D eigenvalue weighted by Crippen LogP contribution is -2.41. The highest BCUT2D eigenvalue weighted by atomic mass is 16.6. The predicted molar refractivity (Wildman–Crippen MR) is 90.1 cm³/mol. The van der Waals surface area contributed by atoms with E-state index in [4.69, 9.17) is 15.2 Å². The third-order valence-electron chi connectivity index (χ3n) is 4.49. The van der Waals surface area contributed by atoms with Gasteiger partial charge in [0.1, 0.15) is 11.4 Å². The minimum absolute atomic E-state index is 0.115. The molecule has 1 atom stereocenters. The van der Waals surface area contributed by atoms with Crippen molar-refractivity contribution in [2.45, 2.75) is 38.2 Å². The molecule has 0 saturated carbocycles. The van der Waals surface area contributed by atoms with Crippen LogP contribution >= 0.6 is 0 Å². The third-order valence-corrected chi connectivity index (χ3v) is 4.49. The second-order valence-electron chi connectivity index (χ2n) is 7.33. The molecule has 130 valence electrons. The number of hydrogen-bond acceptors (Lipinski definition) is 5. The molecular formula is C17H23N3O4. The van der Waals surface area contributed by atoms with Crippen LogP contribution in [-0.4, -0.2) is 42.7 Å². The summed E-state index contributed by atoms with van der Waals surface area (Å²) in [5, 5.41) is 2.88. The molecule has 1 fully saturated rings. The van der Waals surface area contributed by atoms with Gasteiger partial charge in [0.2, 0.25) is 5.91 Å². The lowest BCUT2D eigenvalue weighted by Gasteiger charge is -2.26. The molecule has 3 rings (SSSR count). The number of ether oxygens (including phenoxy) is 2. The number of amides is 2. The highest BCUT2D eigenvalue weighted by Crippen LogP contribution is 2.47. The molecule has 0 aromatic heterocycles. The second-order valence-corrected chi connectivity index (χ2v) is 7.33. The van der Waals surface area contributed by atoms with Crippen LogP contribution in [0.4, 0.5) is 16.2 Å². The third kappa shape index (κ3) is 2.53. The predicted octanol–water partition coefficient (Wildman–Crippen LogP) is 2.11. The molecule has 3 N–H and O–H groups in total. The van der Waals surface area contributed by atoms with Crippen molar-refractivity contribution in [3.63, 3.8) is 0 Å². The van der Waals surface area contributed by atoms with E-state index in [1.165, 1.54) is 7.11 Å². The number of anilines is 2. The molecule has 1 aromatic rings. The highest BCUT2D eigenvalue weighted by Gasteiger charge is 2.53.